The normalized spacial score (nSPS) is 19.1. The fraction of sp³-hybridized carbons (Fsp3) is 0.500. The van der Waals surface area contributed by atoms with E-state index < -0.39 is 22.3 Å². The van der Waals surface area contributed by atoms with Crippen molar-refractivity contribution in [2.24, 2.45) is 11.3 Å². The zero-order valence-corrected chi connectivity index (χ0v) is 11.4. The summed E-state index contributed by atoms with van der Waals surface area (Å²) in [5, 5.41) is 13.5. The lowest BCUT2D eigenvalue weighted by Crippen LogP contribution is -2.31. The quantitative estimate of drug-likeness (QED) is 0.494. The number of nitrogens with zero attached hydrogens (tertiary/aromatic N) is 1. The van der Waals surface area contributed by atoms with Crippen LogP contribution in [0.5, 0.6) is 0 Å². The van der Waals surface area contributed by atoms with Crippen molar-refractivity contribution in [3.05, 3.63) is 33.6 Å². The number of carbonyl (C=O) groups excluding carboxylic acids is 1. The highest BCUT2D eigenvalue weighted by Crippen LogP contribution is 2.60. The fourth-order valence-corrected chi connectivity index (χ4v) is 2.88. The molecule has 112 valence electrons. The maximum absolute atomic E-state index is 13.4. The molecule has 2 aliphatic carbocycles. The Hall–Kier alpha value is -2.18. The molecule has 0 radical (unpaired) electrons. The Morgan fingerprint density at radius 1 is 1.48 bits per heavy atom. The lowest BCUT2D eigenvalue weighted by atomic mass is 10.0. The fourth-order valence-electron chi connectivity index (χ4n) is 2.88. The maximum Gasteiger partial charge on any atom is 0.295 e. The van der Waals surface area contributed by atoms with Crippen LogP contribution in [-0.2, 0) is 0 Å². The van der Waals surface area contributed by atoms with E-state index in [1.165, 1.54) is 12.8 Å². The molecule has 1 amide bonds. The first-order valence-electron chi connectivity index (χ1n) is 6.94. The van der Waals surface area contributed by atoms with Crippen LogP contribution in [0.1, 0.15) is 36.0 Å². The van der Waals surface area contributed by atoms with E-state index in [4.69, 9.17) is 5.73 Å². The van der Waals surface area contributed by atoms with Crippen LogP contribution in [-0.4, -0.2) is 17.4 Å². The predicted octanol–water partition coefficient (Wildman–Crippen LogP) is 2.24. The summed E-state index contributed by atoms with van der Waals surface area (Å²) in [7, 11) is 0. The van der Waals surface area contributed by atoms with Crippen molar-refractivity contribution >= 4 is 17.3 Å². The van der Waals surface area contributed by atoms with E-state index in [0.29, 0.717) is 12.5 Å². The second-order valence-electron chi connectivity index (χ2n) is 5.96. The van der Waals surface area contributed by atoms with Crippen LogP contribution in [0.3, 0.4) is 0 Å². The Labute approximate surface area is 120 Å². The Kier molecular flexibility index (Phi) is 3.07. The standard InChI is InChI=1S/C14H16FN3O3/c15-9-5-10(12(16)11(6-9)18(20)21)13(19)17-7-14(3-4-14)8-1-2-8/h5-6,8H,1-4,7,16H2,(H,17,19). The van der Waals surface area contributed by atoms with Crippen LogP contribution in [0.2, 0.25) is 0 Å². The van der Waals surface area contributed by atoms with Crippen LogP contribution in [0.4, 0.5) is 15.8 Å². The zero-order chi connectivity index (χ0) is 15.2. The van der Waals surface area contributed by atoms with E-state index in [-0.39, 0.29) is 16.7 Å². The Morgan fingerprint density at radius 2 is 2.14 bits per heavy atom. The van der Waals surface area contributed by atoms with Gasteiger partial charge in [-0.1, -0.05) is 0 Å². The van der Waals surface area contributed by atoms with Crippen molar-refractivity contribution in [1.29, 1.82) is 0 Å². The van der Waals surface area contributed by atoms with Crippen molar-refractivity contribution in [3.8, 4) is 0 Å². The first-order valence-corrected chi connectivity index (χ1v) is 6.94. The van der Waals surface area contributed by atoms with Gasteiger partial charge in [-0.15, -0.1) is 0 Å². The van der Waals surface area contributed by atoms with Crippen molar-refractivity contribution in [2.45, 2.75) is 25.7 Å². The molecule has 1 aromatic rings. The maximum atomic E-state index is 13.4. The number of hydrogen-bond acceptors (Lipinski definition) is 4. The van der Waals surface area contributed by atoms with E-state index in [1.807, 2.05) is 0 Å². The minimum atomic E-state index is -0.843. The number of halogens is 1. The molecule has 0 aliphatic heterocycles. The van der Waals surface area contributed by atoms with Gasteiger partial charge in [-0.05, 0) is 43.1 Å². The van der Waals surface area contributed by atoms with E-state index in [2.05, 4.69) is 5.32 Å². The number of nitrogen functional groups attached to an aromatic ring is 1. The van der Waals surface area contributed by atoms with Gasteiger partial charge in [0.15, 0.2) is 0 Å². The predicted molar refractivity (Wildman–Crippen MR) is 74.2 cm³/mol. The van der Waals surface area contributed by atoms with Crippen LogP contribution >= 0.6 is 0 Å². The molecule has 7 heteroatoms. The minimum absolute atomic E-state index is 0.173. The molecule has 0 aromatic heterocycles. The number of benzene rings is 1. The second-order valence-corrected chi connectivity index (χ2v) is 5.96. The van der Waals surface area contributed by atoms with Gasteiger partial charge in [0.1, 0.15) is 11.5 Å². The highest BCUT2D eigenvalue weighted by Gasteiger charge is 2.53. The molecule has 0 atom stereocenters. The molecule has 0 spiro atoms. The molecular weight excluding hydrogens is 277 g/mol. The van der Waals surface area contributed by atoms with Crippen molar-refractivity contribution in [2.75, 3.05) is 12.3 Å². The number of nitro groups is 1. The van der Waals surface area contributed by atoms with Gasteiger partial charge in [-0.2, -0.15) is 0 Å². The van der Waals surface area contributed by atoms with Gasteiger partial charge in [-0.25, -0.2) is 4.39 Å². The van der Waals surface area contributed by atoms with E-state index in [0.717, 1.165) is 25.0 Å². The topological polar surface area (TPSA) is 98.3 Å². The number of rotatable bonds is 5. The molecule has 0 saturated heterocycles. The van der Waals surface area contributed by atoms with E-state index in [1.54, 1.807) is 0 Å². The molecule has 1 aromatic carbocycles. The Bertz CT molecular complexity index is 624. The molecule has 2 fully saturated rings. The average Bonchev–Trinajstić information content (AvgIpc) is 3.29. The average molecular weight is 293 g/mol. The Balaban J connectivity index is 1.76. The molecule has 0 heterocycles. The number of hydrogen-bond donors (Lipinski definition) is 2. The molecule has 0 unspecified atom stereocenters. The summed E-state index contributed by atoms with van der Waals surface area (Å²) in [4.78, 5) is 22.1. The summed E-state index contributed by atoms with van der Waals surface area (Å²) in [6, 6.07) is 1.66. The summed E-state index contributed by atoms with van der Waals surface area (Å²) in [5.74, 6) is -0.719. The molecule has 6 nitrogen and oxygen atoms in total. The SMILES string of the molecule is Nc1c(C(=O)NCC2(C3CC3)CC2)cc(F)cc1[N+](=O)[O-]. The molecule has 2 saturated carbocycles. The molecule has 2 aliphatic rings. The number of nitrogens with one attached hydrogen (secondary N) is 1. The van der Waals surface area contributed by atoms with Gasteiger partial charge in [-0.3, -0.25) is 14.9 Å². The van der Waals surface area contributed by atoms with Crippen LogP contribution in [0.25, 0.3) is 0 Å². The monoisotopic (exact) mass is 293 g/mol. The molecule has 0 bridgehead atoms. The van der Waals surface area contributed by atoms with Gasteiger partial charge in [0.2, 0.25) is 0 Å². The smallest absolute Gasteiger partial charge is 0.295 e. The van der Waals surface area contributed by atoms with Gasteiger partial charge in [0.05, 0.1) is 16.6 Å². The minimum Gasteiger partial charge on any atom is -0.393 e. The lowest BCUT2D eigenvalue weighted by molar-refractivity contribution is -0.384. The third kappa shape index (κ3) is 2.55. The second kappa shape index (κ2) is 4.68. The molecular formula is C14H16FN3O3. The lowest BCUT2D eigenvalue weighted by Gasteiger charge is -2.15. The number of carbonyl (C=O) groups is 1. The van der Waals surface area contributed by atoms with E-state index >= 15 is 0 Å². The van der Waals surface area contributed by atoms with Gasteiger partial charge in [0, 0.05) is 6.54 Å². The van der Waals surface area contributed by atoms with Gasteiger partial charge >= 0.3 is 0 Å². The number of anilines is 1. The summed E-state index contributed by atoms with van der Waals surface area (Å²) in [6.07, 6.45) is 4.58. The van der Waals surface area contributed by atoms with E-state index in [9.17, 15) is 19.3 Å². The first kappa shape index (κ1) is 13.8. The van der Waals surface area contributed by atoms with Gasteiger partial charge in [0.25, 0.3) is 11.6 Å². The summed E-state index contributed by atoms with van der Waals surface area (Å²) in [5.41, 5.74) is 4.76. The van der Waals surface area contributed by atoms with Crippen LogP contribution in [0.15, 0.2) is 12.1 Å². The van der Waals surface area contributed by atoms with Crippen molar-refractivity contribution in [1.82, 2.24) is 5.32 Å². The number of amides is 1. The molecule has 21 heavy (non-hydrogen) atoms. The largest absolute Gasteiger partial charge is 0.393 e. The molecule has 3 N–H and O–H groups in total. The number of nitrogens with two attached hydrogens (primary N) is 1. The third-order valence-electron chi connectivity index (χ3n) is 4.50. The summed E-state index contributed by atoms with van der Waals surface area (Å²) >= 11 is 0. The van der Waals surface area contributed by atoms with Crippen molar-refractivity contribution in [3.63, 3.8) is 0 Å². The van der Waals surface area contributed by atoms with Crippen LogP contribution < -0.4 is 11.1 Å². The highest BCUT2D eigenvalue weighted by atomic mass is 19.1. The first-order chi connectivity index (χ1) is 9.93. The summed E-state index contributed by atoms with van der Waals surface area (Å²) in [6.45, 7) is 0.528. The summed E-state index contributed by atoms with van der Waals surface area (Å²) < 4.78 is 13.4. The molecule has 3 rings (SSSR count). The zero-order valence-electron chi connectivity index (χ0n) is 11.4. The Morgan fingerprint density at radius 3 is 2.67 bits per heavy atom. The highest BCUT2D eigenvalue weighted by molar-refractivity contribution is 6.01. The third-order valence-corrected chi connectivity index (χ3v) is 4.50. The number of nitro benzene ring substituents is 1. The van der Waals surface area contributed by atoms with Crippen molar-refractivity contribution < 1.29 is 14.1 Å². The van der Waals surface area contributed by atoms with Gasteiger partial charge < -0.3 is 11.1 Å². The van der Waals surface area contributed by atoms with Crippen LogP contribution in [0, 0.1) is 27.3 Å².